The second kappa shape index (κ2) is 4.89. The van der Waals surface area contributed by atoms with Gasteiger partial charge in [-0.3, -0.25) is 0 Å². The fraction of sp³-hybridized carbons (Fsp3) is 0.417. The quantitative estimate of drug-likeness (QED) is 0.731. The van der Waals surface area contributed by atoms with Crippen LogP contribution in [0.15, 0.2) is 18.2 Å². The van der Waals surface area contributed by atoms with E-state index >= 15 is 0 Å². The van der Waals surface area contributed by atoms with Crippen LogP contribution in [0, 0.1) is 6.92 Å². The van der Waals surface area contributed by atoms with E-state index < -0.39 is 0 Å². The fourth-order valence-electron chi connectivity index (χ4n) is 1.33. The summed E-state index contributed by atoms with van der Waals surface area (Å²) in [5.41, 5.74) is 1.23. The van der Waals surface area contributed by atoms with E-state index in [-0.39, 0.29) is 0 Å². The zero-order chi connectivity index (χ0) is 10.6. The van der Waals surface area contributed by atoms with Crippen molar-refractivity contribution in [1.29, 1.82) is 0 Å². The molecule has 0 aliphatic heterocycles. The second-order valence-corrected chi connectivity index (χ2v) is 3.30. The van der Waals surface area contributed by atoms with Crippen molar-refractivity contribution in [2.24, 2.45) is 0 Å². The minimum absolute atomic E-state index is 0.454. The first-order chi connectivity index (χ1) is 6.72. The first-order valence-electron chi connectivity index (χ1n) is 4.74. The van der Waals surface area contributed by atoms with Crippen molar-refractivity contribution in [2.45, 2.75) is 19.3 Å². The van der Waals surface area contributed by atoms with Gasteiger partial charge in [-0.05, 0) is 30.0 Å². The molecule has 0 bridgehead atoms. The smallest absolute Gasteiger partial charge is 0.160 e. The Morgan fingerprint density at radius 3 is 2.36 bits per heavy atom. The molecule has 0 heterocycles. The zero-order valence-corrected chi connectivity index (χ0v) is 9.04. The SMILES string of the molecule is [CH2]CC(C)c1ccc(OC)c(OC)c1. The van der Waals surface area contributed by atoms with Crippen LogP contribution in [-0.2, 0) is 0 Å². The van der Waals surface area contributed by atoms with Gasteiger partial charge in [0.1, 0.15) is 0 Å². The molecule has 1 unspecified atom stereocenters. The van der Waals surface area contributed by atoms with Gasteiger partial charge in [0.25, 0.3) is 0 Å². The van der Waals surface area contributed by atoms with Crippen LogP contribution in [-0.4, -0.2) is 14.2 Å². The minimum atomic E-state index is 0.454. The molecule has 14 heavy (non-hydrogen) atoms. The Balaban J connectivity index is 3.01. The van der Waals surface area contributed by atoms with Crippen molar-refractivity contribution in [1.82, 2.24) is 0 Å². The standard InChI is InChI=1S/C12H17O2/c1-5-9(2)10-6-7-11(13-3)12(8-10)14-4/h6-9H,1,5H2,2-4H3. The van der Waals surface area contributed by atoms with E-state index in [4.69, 9.17) is 9.47 Å². The highest BCUT2D eigenvalue weighted by Crippen LogP contribution is 2.31. The van der Waals surface area contributed by atoms with E-state index in [1.807, 2.05) is 12.1 Å². The van der Waals surface area contributed by atoms with Gasteiger partial charge in [0.05, 0.1) is 14.2 Å². The average molecular weight is 193 g/mol. The molecular formula is C12H17O2. The second-order valence-electron chi connectivity index (χ2n) is 3.30. The largest absolute Gasteiger partial charge is 0.493 e. The van der Waals surface area contributed by atoms with Crippen LogP contribution in [0.4, 0.5) is 0 Å². The molecule has 0 saturated heterocycles. The molecule has 1 radical (unpaired) electrons. The maximum absolute atomic E-state index is 5.23. The summed E-state index contributed by atoms with van der Waals surface area (Å²) in [4.78, 5) is 0. The Morgan fingerprint density at radius 1 is 1.21 bits per heavy atom. The van der Waals surface area contributed by atoms with Gasteiger partial charge in [-0.1, -0.05) is 19.9 Å². The molecule has 0 amide bonds. The molecule has 77 valence electrons. The fourth-order valence-corrected chi connectivity index (χ4v) is 1.33. The maximum atomic E-state index is 5.23. The molecule has 1 rings (SSSR count). The molecular weight excluding hydrogens is 176 g/mol. The minimum Gasteiger partial charge on any atom is -0.493 e. The van der Waals surface area contributed by atoms with Crippen LogP contribution >= 0.6 is 0 Å². The van der Waals surface area contributed by atoms with E-state index in [1.165, 1.54) is 5.56 Å². The van der Waals surface area contributed by atoms with Gasteiger partial charge in [-0.25, -0.2) is 0 Å². The lowest BCUT2D eigenvalue weighted by molar-refractivity contribution is 0.354. The molecule has 1 aromatic rings. The van der Waals surface area contributed by atoms with Gasteiger partial charge < -0.3 is 9.47 Å². The van der Waals surface area contributed by atoms with Crippen LogP contribution in [0.2, 0.25) is 0 Å². The number of benzene rings is 1. The Hall–Kier alpha value is -1.18. The van der Waals surface area contributed by atoms with Crippen LogP contribution in [0.1, 0.15) is 24.8 Å². The molecule has 2 nitrogen and oxygen atoms in total. The number of methoxy groups -OCH3 is 2. The summed E-state index contributed by atoms with van der Waals surface area (Å²) in [7, 11) is 3.29. The highest BCUT2D eigenvalue weighted by atomic mass is 16.5. The lowest BCUT2D eigenvalue weighted by atomic mass is 9.98. The van der Waals surface area contributed by atoms with Crippen molar-refractivity contribution in [3.8, 4) is 11.5 Å². The molecule has 0 aliphatic rings. The van der Waals surface area contributed by atoms with Gasteiger partial charge in [-0.2, -0.15) is 0 Å². The van der Waals surface area contributed by atoms with E-state index in [9.17, 15) is 0 Å². The molecule has 0 saturated carbocycles. The molecule has 1 atom stereocenters. The summed E-state index contributed by atoms with van der Waals surface area (Å²) in [6.45, 7) is 6.04. The maximum Gasteiger partial charge on any atom is 0.160 e. The molecule has 0 aliphatic carbocycles. The zero-order valence-electron chi connectivity index (χ0n) is 9.04. The normalized spacial score (nSPS) is 12.3. The van der Waals surface area contributed by atoms with Crippen molar-refractivity contribution in [3.05, 3.63) is 30.7 Å². The van der Waals surface area contributed by atoms with Gasteiger partial charge in [0, 0.05) is 0 Å². The van der Waals surface area contributed by atoms with E-state index in [0.29, 0.717) is 5.92 Å². The molecule has 0 spiro atoms. The van der Waals surface area contributed by atoms with Gasteiger partial charge in [-0.15, -0.1) is 0 Å². The summed E-state index contributed by atoms with van der Waals surface area (Å²) in [6, 6.07) is 5.99. The number of rotatable bonds is 4. The lowest BCUT2D eigenvalue weighted by Gasteiger charge is -2.13. The Kier molecular flexibility index (Phi) is 3.81. The van der Waals surface area contributed by atoms with Crippen molar-refractivity contribution in [3.63, 3.8) is 0 Å². The van der Waals surface area contributed by atoms with Crippen molar-refractivity contribution < 1.29 is 9.47 Å². The van der Waals surface area contributed by atoms with Gasteiger partial charge >= 0.3 is 0 Å². The summed E-state index contributed by atoms with van der Waals surface area (Å²) in [6.07, 6.45) is 0.884. The molecule has 0 fully saturated rings. The monoisotopic (exact) mass is 193 g/mol. The summed E-state index contributed by atoms with van der Waals surface area (Å²) in [5, 5.41) is 0. The van der Waals surface area contributed by atoms with Crippen molar-refractivity contribution in [2.75, 3.05) is 14.2 Å². The van der Waals surface area contributed by atoms with Crippen LogP contribution < -0.4 is 9.47 Å². The topological polar surface area (TPSA) is 18.5 Å². The summed E-state index contributed by atoms with van der Waals surface area (Å²) in [5.74, 6) is 2.01. The highest BCUT2D eigenvalue weighted by Gasteiger charge is 2.08. The predicted octanol–water partition coefficient (Wildman–Crippen LogP) is 3.03. The van der Waals surface area contributed by atoms with E-state index in [0.717, 1.165) is 17.9 Å². The van der Waals surface area contributed by atoms with E-state index in [1.54, 1.807) is 14.2 Å². The molecule has 2 heteroatoms. The molecule has 1 aromatic carbocycles. The molecule has 0 aromatic heterocycles. The first kappa shape index (κ1) is 10.9. The third-order valence-electron chi connectivity index (χ3n) is 2.41. The number of hydrogen-bond donors (Lipinski definition) is 0. The lowest BCUT2D eigenvalue weighted by Crippen LogP contribution is -1.95. The third kappa shape index (κ3) is 2.19. The van der Waals surface area contributed by atoms with Crippen LogP contribution in [0.5, 0.6) is 11.5 Å². The first-order valence-corrected chi connectivity index (χ1v) is 4.74. The summed E-state index contributed by atoms with van der Waals surface area (Å²) >= 11 is 0. The summed E-state index contributed by atoms with van der Waals surface area (Å²) < 4.78 is 10.4. The third-order valence-corrected chi connectivity index (χ3v) is 2.41. The van der Waals surface area contributed by atoms with Crippen LogP contribution in [0.3, 0.4) is 0 Å². The Morgan fingerprint density at radius 2 is 1.86 bits per heavy atom. The number of hydrogen-bond acceptors (Lipinski definition) is 2. The number of ether oxygens (including phenoxy) is 2. The molecule has 0 N–H and O–H groups in total. The van der Waals surface area contributed by atoms with E-state index in [2.05, 4.69) is 19.9 Å². The van der Waals surface area contributed by atoms with Gasteiger partial charge in [0.2, 0.25) is 0 Å². The van der Waals surface area contributed by atoms with Crippen LogP contribution in [0.25, 0.3) is 0 Å². The van der Waals surface area contributed by atoms with Crippen molar-refractivity contribution >= 4 is 0 Å². The Bertz CT molecular complexity index is 294. The highest BCUT2D eigenvalue weighted by molar-refractivity contribution is 5.43. The average Bonchev–Trinajstić information content (AvgIpc) is 2.26. The van der Waals surface area contributed by atoms with Gasteiger partial charge in [0.15, 0.2) is 11.5 Å². The predicted molar refractivity (Wildman–Crippen MR) is 57.9 cm³/mol. The Labute approximate surface area is 85.8 Å².